The van der Waals surface area contributed by atoms with E-state index in [4.69, 9.17) is 0 Å². The van der Waals surface area contributed by atoms with Crippen LogP contribution in [0, 0.1) is 11.8 Å². The molecule has 0 aromatic heterocycles. The first kappa shape index (κ1) is 20.6. The van der Waals surface area contributed by atoms with E-state index in [-0.39, 0.29) is 48.1 Å². The highest BCUT2D eigenvalue weighted by atomic mass is 35.5. The number of anilines is 1. The van der Waals surface area contributed by atoms with Crippen LogP contribution in [0.25, 0.3) is 0 Å². The van der Waals surface area contributed by atoms with Gasteiger partial charge in [0.25, 0.3) is 0 Å². The summed E-state index contributed by atoms with van der Waals surface area (Å²) in [6, 6.07) is 6.15. The van der Waals surface area contributed by atoms with E-state index >= 15 is 0 Å². The van der Waals surface area contributed by atoms with Crippen LogP contribution in [-0.2, 0) is 19.6 Å². The molecule has 2 heterocycles. The number of hydrogen-bond donors (Lipinski definition) is 3. The van der Waals surface area contributed by atoms with Gasteiger partial charge in [-0.05, 0) is 37.2 Å². The molecule has 0 aliphatic carbocycles. The number of nitrogens with zero attached hydrogens (tertiary/aromatic N) is 1. The summed E-state index contributed by atoms with van der Waals surface area (Å²) in [7, 11) is -3.77. The van der Waals surface area contributed by atoms with Crippen molar-refractivity contribution < 1.29 is 18.0 Å². The highest BCUT2D eigenvalue weighted by Crippen LogP contribution is 2.22. The van der Waals surface area contributed by atoms with Crippen molar-refractivity contribution in [3.05, 3.63) is 24.3 Å². The molecule has 144 valence electrons. The Morgan fingerprint density at radius 3 is 2.69 bits per heavy atom. The lowest BCUT2D eigenvalue weighted by Gasteiger charge is -2.31. The van der Waals surface area contributed by atoms with Crippen LogP contribution in [0.5, 0.6) is 0 Å². The molecule has 3 rings (SSSR count). The number of carbonyl (C=O) groups excluding carboxylic acids is 2. The number of halogens is 1. The molecule has 1 aromatic rings. The maximum absolute atomic E-state index is 12.7. The van der Waals surface area contributed by atoms with E-state index in [1.165, 1.54) is 12.1 Å². The van der Waals surface area contributed by atoms with Gasteiger partial charge in [-0.2, -0.15) is 4.31 Å². The third kappa shape index (κ3) is 4.35. The van der Waals surface area contributed by atoms with Gasteiger partial charge in [-0.3, -0.25) is 9.59 Å². The maximum atomic E-state index is 12.7. The lowest BCUT2D eigenvalue weighted by atomic mass is 9.88. The second kappa shape index (κ2) is 8.34. The van der Waals surface area contributed by atoms with Crippen molar-refractivity contribution in [2.75, 3.05) is 38.0 Å². The number of carbonyl (C=O) groups is 2. The molecule has 8 nitrogen and oxygen atoms in total. The molecule has 0 radical (unpaired) electrons. The summed E-state index contributed by atoms with van der Waals surface area (Å²) in [6.45, 7) is 3.84. The molecule has 0 bridgehead atoms. The second-order valence-corrected chi connectivity index (χ2v) is 8.35. The monoisotopic (exact) mass is 402 g/mol. The molecular formula is C16H23ClN4O4S. The summed E-state index contributed by atoms with van der Waals surface area (Å²) in [4.78, 5) is 23.8. The third-order valence-corrected chi connectivity index (χ3v) is 6.52. The first-order valence-corrected chi connectivity index (χ1v) is 9.70. The molecule has 2 saturated heterocycles. The Balaban J connectivity index is 0.00000243. The standard InChI is InChI=1S/C16H22N4O4S.ClH/c1-11(12-8-17-9-12)16(22)19-13-3-2-4-14(7-13)25(23,24)20-6-5-18-15(21)10-20;/h2-4,7,11-12,17H,5-6,8-10H2,1H3,(H,18,21)(H,19,22);1H. The Morgan fingerprint density at radius 1 is 1.35 bits per heavy atom. The first-order chi connectivity index (χ1) is 11.9. The van der Waals surface area contributed by atoms with E-state index in [0.29, 0.717) is 18.2 Å². The van der Waals surface area contributed by atoms with Crippen molar-refractivity contribution in [3.8, 4) is 0 Å². The number of hydrogen-bond acceptors (Lipinski definition) is 5. The molecule has 1 unspecified atom stereocenters. The van der Waals surface area contributed by atoms with Crippen molar-refractivity contribution in [3.63, 3.8) is 0 Å². The highest BCUT2D eigenvalue weighted by Gasteiger charge is 2.30. The van der Waals surface area contributed by atoms with Crippen LogP contribution in [0.4, 0.5) is 5.69 Å². The number of benzene rings is 1. The van der Waals surface area contributed by atoms with Crippen LogP contribution in [0.2, 0.25) is 0 Å². The van der Waals surface area contributed by atoms with Crippen molar-refractivity contribution in [1.29, 1.82) is 0 Å². The molecule has 3 N–H and O–H groups in total. The molecule has 2 aliphatic heterocycles. The van der Waals surface area contributed by atoms with Gasteiger partial charge in [0.05, 0.1) is 11.4 Å². The molecule has 26 heavy (non-hydrogen) atoms. The summed E-state index contributed by atoms with van der Waals surface area (Å²) in [6.07, 6.45) is 0. The molecule has 2 amide bonds. The Labute approximate surface area is 159 Å². The normalized spacial score (nSPS) is 19.7. The van der Waals surface area contributed by atoms with E-state index < -0.39 is 10.0 Å². The maximum Gasteiger partial charge on any atom is 0.243 e. The van der Waals surface area contributed by atoms with Gasteiger partial charge in [-0.25, -0.2) is 8.42 Å². The zero-order valence-electron chi connectivity index (χ0n) is 14.4. The zero-order valence-corrected chi connectivity index (χ0v) is 16.0. The van der Waals surface area contributed by atoms with Gasteiger partial charge in [0, 0.05) is 24.7 Å². The van der Waals surface area contributed by atoms with Crippen molar-refractivity contribution in [2.45, 2.75) is 11.8 Å². The fraction of sp³-hybridized carbons (Fsp3) is 0.500. The quantitative estimate of drug-likeness (QED) is 0.643. The molecule has 1 atom stereocenters. The van der Waals surface area contributed by atoms with Gasteiger partial charge in [-0.15, -0.1) is 12.4 Å². The topological polar surface area (TPSA) is 108 Å². The largest absolute Gasteiger partial charge is 0.354 e. The fourth-order valence-corrected chi connectivity index (χ4v) is 4.28. The second-order valence-electron chi connectivity index (χ2n) is 6.41. The SMILES string of the molecule is CC(C(=O)Nc1cccc(S(=O)(=O)N2CCNC(=O)C2)c1)C1CNC1.Cl. The highest BCUT2D eigenvalue weighted by molar-refractivity contribution is 7.89. The summed E-state index contributed by atoms with van der Waals surface area (Å²) in [5, 5.41) is 8.52. The Morgan fingerprint density at radius 2 is 2.08 bits per heavy atom. The molecule has 2 aliphatic rings. The van der Waals surface area contributed by atoms with Gasteiger partial charge in [0.15, 0.2) is 0 Å². The molecule has 10 heteroatoms. The van der Waals surface area contributed by atoms with Gasteiger partial charge in [0.1, 0.15) is 0 Å². The predicted octanol–water partition coefficient (Wildman–Crippen LogP) is 0.0229. The summed E-state index contributed by atoms with van der Waals surface area (Å²) in [5.41, 5.74) is 0.437. The minimum Gasteiger partial charge on any atom is -0.354 e. The average Bonchev–Trinajstić information content (AvgIpc) is 2.53. The lowest BCUT2D eigenvalue weighted by Crippen LogP contribution is -2.49. The average molecular weight is 403 g/mol. The van der Waals surface area contributed by atoms with E-state index in [2.05, 4.69) is 16.0 Å². The smallest absolute Gasteiger partial charge is 0.243 e. The Kier molecular flexibility index (Phi) is 6.62. The van der Waals surface area contributed by atoms with Crippen LogP contribution in [-0.4, -0.2) is 57.3 Å². The summed E-state index contributed by atoms with van der Waals surface area (Å²) < 4.78 is 26.5. The van der Waals surface area contributed by atoms with E-state index in [1.54, 1.807) is 12.1 Å². The van der Waals surface area contributed by atoms with Gasteiger partial charge in [-0.1, -0.05) is 13.0 Å². The van der Waals surface area contributed by atoms with Crippen molar-refractivity contribution in [2.24, 2.45) is 11.8 Å². The van der Waals surface area contributed by atoms with Crippen LogP contribution in [0.3, 0.4) is 0 Å². The number of rotatable bonds is 5. The van der Waals surface area contributed by atoms with Gasteiger partial charge in [0.2, 0.25) is 21.8 Å². The molecule has 2 fully saturated rings. The predicted molar refractivity (Wildman–Crippen MR) is 99.6 cm³/mol. The molecule has 0 spiro atoms. The number of piperazine rings is 1. The van der Waals surface area contributed by atoms with Crippen molar-refractivity contribution in [1.82, 2.24) is 14.9 Å². The lowest BCUT2D eigenvalue weighted by molar-refractivity contribution is -0.123. The minimum atomic E-state index is -3.77. The number of amides is 2. The van der Waals surface area contributed by atoms with Crippen LogP contribution in [0.15, 0.2) is 29.2 Å². The van der Waals surface area contributed by atoms with Gasteiger partial charge < -0.3 is 16.0 Å². The van der Waals surface area contributed by atoms with Crippen LogP contribution >= 0.6 is 12.4 Å². The van der Waals surface area contributed by atoms with Crippen LogP contribution < -0.4 is 16.0 Å². The van der Waals surface area contributed by atoms with E-state index in [1.807, 2.05) is 6.92 Å². The van der Waals surface area contributed by atoms with Crippen LogP contribution in [0.1, 0.15) is 6.92 Å². The van der Waals surface area contributed by atoms with E-state index in [0.717, 1.165) is 17.4 Å². The number of nitrogens with one attached hydrogen (secondary N) is 3. The molecule has 1 aromatic carbocycles. The zero-order chi connectivity index (χ0) is 18.0. The summed E-state index contributed by atoms with van der Waals surface area (Å²) >= 11 is 0. The minimum absolute atomic E-state index is 0. The molecule has 0 saturated carbocycles. The third-order valence-electron chi connectivity index (χ3n) is 4.68. The summed E-state index contributed by atoms with van der Waals surface area (Å²) in [5.74, 6) is -0.285. The van der Waals surface area contributed by atoms with Gasteiger partial charge >= 0.3 is 0 Å². The van der Waals surface area contributed by atoms with E-state index in [9.17, 15) is 18.0 Å². The Hall–Kier alpha value is -1.68. The van der Waals surface area contributed by atoms with Crippen molar-refractivity contribution >= 4 is 39.9 Å². The number of sulfonamides is 1. The Bertz CT molecular complexity index is 782. The first-order valence-electron chi connectivity index (χ1n) is 8.26. The fourth-order valence-electron chi connectivity index (χ4n) is 2.84. The molecular weight excluding hydrogens is 380 g/mol.